The smallest absolute Gasteiger partial charge is 0.179 e. The van der Waals surface area contributed by atoms with Crippen LogP contribution in [0.25, 0.3) is 0 Å². The summed E-state index contributed by atoms with van der Waals surface area (Å²) in [6.45, 7) is 1.05. The van der Waals surface area contributed by atoms with Crippen LogP contribution in [0.4, 0.5) is 0 Å². The highest BCUT2D eigenvalue weighted by molar-refractivity contribution is 5.99. The Bertz CT molecular complexity index is 335. The Morgan fingerprint density at radius 2 is 2.08 bits per heavy atom. The Morgan fingerprint density at radius 3 is 2.85 bits per heavy atom. The average molecular weight is 177 g/mol. The largest absolute Gasteiger partial charge is 0.302 e. The predicted molar refractivity (Wildman–Crippen MR) is 48.2 cm³/mol. The van der Waals surface area contributed by atoms with Crippen molar-refractivity contribution in [2.75, 3.05) is 13.7 Å². The lowest BCUT2D eigenvalue weighted by molar-refractivity contribution is -0.132. The van der Waals surface area contributed by atoms with E-state index in [9.17, 15) is 4.79 Å². The fraction of sp³-hybridized carbons (Fsp3) is 0.300. The van der Waals surface area contributed by atoms with Gasteiger partial charge in [0.05, 0.1) is 20.2 Å². The van der Waals surface area contributed by atoms with Gasteiger partial charge in [-0.3, -0.25) is 4.79 Å². The van der Waals surface area contributed by atoms with Crippen LogP contribution in [0.15, 0.2) is 24.3 Å². The van der Waals surface area contributed by atoms with Gasteiger partial charge in [-0.15, -0.1) is 0 Å². The maximum atomic E-state index is 11.5. The molecule has 0 aliphatic carbocycles. The predicted octanol–water partition coefficient (Wildman–Crippen LogP) is 1.25. The standard InChI is InChI=1S/C10H11NO2/c1-13-11-6-8-4-2-3-5-9(8)10(12)7-11/h2-5H,6-7H2,1H3. The first-order valence-corrected chi connectivity index (χ1v) is 4.21. The minimum absolute atomic E-state index is 0.128. The van der Waals surface area contributed by atoms with Crippen LogP contribution in [-0.2, 0) is 11.4 Å². The highest BCUT2D eigenvalue weighted by Crippen LogP contribution is 2.17. The summed E-state index contributed by atoms with van der Waals surface area (Å²) < 4.78 is 0. The second-order valence-corrected chi connectivity index (χ2v) is 3.06. The number of nitrogens with zero attached hydrogens (tertiary/aromatic N) is 1. The molecule has 3 heteroatoms. The van der Waals surface area contributed by atoms with Crippen LogP contribution in [0.1, 0.15) is 15.9 Å². The van der Waals surface area contributed by atoms with Crippen LogP contribution in [0.3, 0.4) is 0 Å². The summed E-state index contributed by atoms with van der Waals surface area (Å²) in [4.78, 5) is 16.6. The summed E-state index contributed by atoms with van der Waals surface area (Å²) in [5.74, 6) is 0.128. The van der Waals surface area contributed by atoms with Gasteiger partial charge in [-0.1, -0.05) is 24.3 Å². The van der Waals surface area contributed by atoms with Crippen molar-refractivity contribution in [2.24, 2.45) is 0 Å². The van der Waals surface area contributed by atoms with Gasteiger partial charge in [0, 0.05) is 5.56 Å². The SMILES string of the molecule is CON1CC(=O)c2ccccc2C1. The monoisotopic (exact) mass is 177 g/mol. The molecule has 0 bridgehead atoms. The van der Waals surface area contributed by atoms with Gasteiger partial charge in [-0.05, 0) is 5.56 Å². The first kappa shape index (κ1) is 8.41. The summed E-state index contributed by atoms with van der Waals surface area (Å²) in [7, 11) is 1.58. The van der Waals surface area contributed by atoms with Gasteiger partial charge in [0.2, 0.25) is 0 Å². The van der Waals surface area contributed by atoms with Gasteiger partial charge in [0.1, 0.15) is 0 Å². The molecular weight excluding hydrogens is 166 g/mol. The summed E-state index contributed by atoms with van der Waals surface area (Å²) in [6, 6.07) is 7.65. The number of hydroxylamine groups is 2. The molecule has 1 aliphatic heterocycles. The summed E-state index contributed by atoms with van der Waals surface area (Å²) in [5.41, 5.74) is 1.87. The zero-order valence-electron chi connectivity index (χ0n) is 7.49. The van der Waals surface area contributed by atoms with E-state index in [1.807, 2.05) is 24.3 Å². The number of ketones is 1. The highest BCUT2D eigenvalue weighted by atomic mass is 16.7. The first-order chi connectivity index (χ1) is 6.31. The van der Waals surface area contributed by atoms with Crippen molar-refractivity contribution in [1.29, 1.82) is 0 Å². The molecule has 1 aliphatic rings. The minimum atomic E-state index is 0.128. The Labute approximate surface area is 76.9 Å². The Morgan fingerprint density at radius 1 is 1.31 bits per heavy atom. The molecule has 68 valence electrons. The van der Waals surface area contributed by atoms with E-state index in [1.54, 1.807) is 12.2 Å². The number of fused-ring (bicyclic) bond motifs is 1. The molecular formula is C10H11NO2. The lowest BCUT2D eigenvalue weighted by Gasteiger charge is -2.24. The van der Waals surface area contributed by atoms with Crippen LogP contribution in [0.2, 0.25) is 0 Å². The van der Waals surface area contributed by atoms with E-state index in [4.69, 9.17) is 4.84 Å². The molecule has 0 spiro atoms. The number of carbonyl (C=O) groups excluding carboxylic acids is 1. The lowest BCUT2D eigenvalue weighted by atomic mass is 10.0. The van der Waals surface area contributed by atoms with Crippen molar-refractivity contribution >= 4 is 5.78 Å². The summed E-state index contributed by atoms with van der Waals surface area (Å²) in [6.07, 6.45) is 0. The Hall–Kier alpha value is -1.19. The molecule has 1 aromatic carbocycles. The summed E-state index contributed by atoms with van der Waals surface area (Å²) in [5, 5.41) is 1.66. The second-order valence-electron chi connectivity index (χ2n) is 3.06. The van der Waals surface area contributed by atoms with Crippen molar-refractivity contribution in [3.05, 3.63) is 35.4 Å². The molecule has 1 heterocycles. The van der Waals surface area contributed by atoms with Crippen LogP contribution in [-0.4, -0.2) is 24.5 Å². The molecule has 0 saturated carbocycles. The van der Waals surface area contributed by atoms with E-state index >= 15 is 0 Å². The zero-order chi connectivity index (χ0) is 9.26. The van der Waals surface area contributed by atoms with Crippen molar-refractivity contribution in [2.45, 2.75) is 6.54 Å². The first-order valence-electron chi connectivity index (χ1n) is 4.21. The lowest BCUT2D eigenvalue weighted by Crippen LogP contribution is -2.34. The molecule has 0 saturated heterocycles. The second kappa shape index (κ2) is 3.28. The molecule has 3 nitrogen and oxygen atoms in total. The van der Waals surface area contributed by atoms with Gasteiger partial charge in [-0.2, -0.15) is 5.06 Å². The Kier molecular flexibility index (Phi) is 2.12. The number of carbonyl (C=O) groups is 1. The zero-order valence-corrected chi connectivity index (χ0v) is 7.49. The van der Waals surface area contributed by atoms with Crippen LogP contribution >= 0.6 is 0 Å². The molecule has 0 amide bonds. The molecule has 0 radical (unpaired) electrons. The maximum absolute atomic E-state index is 11.5. The molecule has 13 heavy (non-hydrogen) atoms. The van der Waals surface area contributed by atoms with E-state index in [0.717, 1.165) is 11.1 Å². The molecule has 2 rings (SSSR count). The van der Waals surface area contributed by atoms with Crippen molar-refractivity contribution < 1.29 is 9.63 Å². The molecule has 0 N–H and O–H groups in total. The van der Waals surface area contributed by atoms with Crippen molar-refractivity contribution in [3.63, 3.8) is 0 Å². The number of Topliss-reactive ketones (excluding diaryl/α,β-unsaturated/α-hetero) is 1. The van der Waals surface area contributed by atoms with E-state index in [1.165, 1.54) is 0 Å². The molecule has 0 fully saturated rings. The third kappa shape index (κ3) is 1.48. The molecule has 0 unspecified atom stereocenters. The summed E-state index contributed by atoms with van der Waals surface area (Å²) >= 11 is 0. The topological polar surface area (TPSA) is 29.5 Å². The number of hydrogen-bond donors (Lipinski definition) is 0. The van der Waals surface area contributed by atoms with E-state index in [2.05, 4.69) is 0 Å². The maximum Gasteiger partial charge on any atom is 0.179 e. The Balaban J connectivity index is 2.37. The molecule has 0 atom stereocenters. The van der Waals surface area contributed by atoms with Gasteiger partial charge in [0.15, 0.2) is 5.78 Å². The van der Waals surface area contributed by atoms with E-state index in [0.29, 0.717) is 13.1 Å². The van der Waals surface area contributed by atoms with Gasteiger partial charge >= 0.3 is 0 Å². The number of benzene rings is 1. The minimum Gasteiger partial charge on any atom is -0.302 e. The average Bonchev–Trinajstić information content (AvgIpc) is 2.18. The van der Waals surface area contributed by atoms with Crippen molar-refractivity contribution in [3.8, 4) is 0 Å². The van der Waals surface area contributed by atoms with Crippen LogP contribution in [0.5, 0.6) is 0 Å². The number of hydrogen-bond acceptors (Lipinski definition) is 3. The third-order valence-corrected chi connectivity index (χ3v) is 2.24. The van der Waals surface area contributed by atoms with Crippen LogP contribution in [0, 0.1) is 0 Å². The quantitative estimate of drug-likeness (QED) is 0.646. The molecule has 0 aromatic heterocycles. The van der Waals surface area contributed by atoms with Gasteiger partial charge < -0.3 is 4.84 Å². The third-order valence-electron chi connectivity index (χ3n) is 2.24. The van der Waals surface area contributed by atoms with Gasteiger partial charge in [0.25, 0.3) is 0 Å². The van der Waals surface area contributed by atoms with Crippen molar-refractivity contribution in [1.82, 2.24) is 5.06 Å². The molecule has 1 aromatic rings. The highest BCUT2D eigenvalue weighted by Gasteiger charge is 2.21. The fourth-order valence-electron chi connectivity index (χ4n) is 1.55. The fourth-order valence-corrected chi connectivity index (χ4v) is 1.55. The van der Waals surface area contributed by atoms with Gasteiger partial charge in [-0.25, -0.2) is 0 Å². The van der Waals surface area contributed by atoms with Crippen LogP contribution < -0.4 is 0 Å². The van der Waals surface area contributed by atoms with E-state index < -0.39 is 0 Å². The van der Waals surface area contributed by atoms with E-state index in [-0.39, 0.29) is 5.78 Å². The number of rotatable bonds is 1. The normalized spacial score (nSPS) is 17.2.